The first-order valence-corrected chi connectivity index (χ1v) is 15.7. The number of carbonyl (C=O) groups excluding carboxylic acids is 1. The number of benzene rings is 2. The number of amides is 1. The number of nitrogens with one attached hydrogen (secondary N) is 2. The van der Waals surface area contributed by atoms with Crippen molar-refractivity contribution in [3.05, 3.63) is 65.0 Å². The van der Waals surface area contributed by atoms with Gasteiger partial charge in [-0.15, -0.1) is 0 Å². The third-order valence-electron chi connectivity index (χ3n) is 6.26. The fourth-order valence-electron chi connectivity index (χ4n) is 4.32. The van der Waals surface area contributed by atoms with Gasteiger partial charge >= 0.3 is 0 Å². The van der Waals surface area contributed by atoms with Crippen LogP contribution in [-0.2, 0) is 46.0 Å². The number of hydrogen-bond acceptors (Lipinski definition) is 10. The predicted molar refractivity (Wildman–Crippen MR) is 141 cm³/mol. The van der Waals surface area contributed by atoms with Crippen molar-refractivity contribution in [1.29, 1.82) is 0 Å². The second-order valence-electron chi connectivity index (χ2n) is 8.86. The van der Waals surface area contributed by atoms with Crippen molar-refractivity contribution < 1.29 is 21.6 Å². The molecule has 0 radical (unpaired) electrons. The summed E-state index contributed by atoms with van der Waals surface area (Å²) in [5.41, 5.74) is 4.10. The van der Waals surface area contributed by atoms with Crippen LogP contribution >= 0.6 is 11.7 Å². The fraction of sp³-hybridized carbons (Fsp3) is 0.304. The predicted octanol–water partition coefficient (Wildman–Crippen LogP) is 1.15. The lowest BCUT2D eigenvalue weighted by atomic mass is 10.2. The number of rotatable bonds is 9. The zero-order chi connectivity index (χ0) is 27.1. The van der Waals surface area contributed by atoms with Gasteiger partial charge in [0.15, 0.2) is 9.84 Å². The highest BCUT2D eigenvalue weighted by atomic mass is 32.2. The van der Waals surface area contributed by atoms with Gasteiger partial charge in [-0.3, -0.25) is 9.48 Å². The van der Waals surface area contributed by atoms with E-state index in [2.05, 4.69) is 24.5 Å². The highest BCUT2D eigenvalue weighted by molar-refractivity contribution is 7.91. The number of sulfone groups is 1. The van der Waals surface area contributed by atoms with E-state index in [9.17, 15) is 21.6 Å². The summed E-state index contributed by atoms with van der Waals surface area (Å²) in [5.74, 6) is -0.362. The van der Waals surface area contributed by atoms with Gasteiger partial charge in [0.25, 0.3) is 5.91 Å². The van der Waals surface area contributed by atoms with Gasteiger partial charge in [-0.25, -0.2) is 16.8 Å². The minimum Gasteiger partial charge on any atom is -0.354 e. The summed E-state index contributed by atoms with van der Waals surface area (Å²) in [7, 11) is -6.09. The largest absolute Gasteiger partial charge is 0.354 e. The van der Waals surface area contributed by atoms with E-state index >= 15 is 0 Å². The standard InChI is InChI=1S/C23H25N7O5S3/c1-24-23(31)22-18-13-29(38(34,35)17-5-3-4-16(11-17)37(2,32)33)14-21(18)26-30(22)9-8-25-12-15-6-7-19-20(10-15)28-36-27-19/h3-7,10-11,25H,8-9,12-14H2,1-2H3,(H,24,31). The highest BCUT2D eigenvalue weighted by Gasteiger charge is 2.37. The van der Waals surface area contributed by atoms with Crippen molar-refractivity contribution in [2.75, 3.05) is 19.8 Å². The molecule has 4 aromatic rings. The van der Waals surface area contributed by atoms with Crippen LogP contribution in [-0.4, -0.2) is 65.4 Å². The normalized spacial score (nSPS) is 14.2. The molecule has 0 fully saturated rings. The van der Waals surface area contributed by atoms with Gasteiger partial charge in [-0.05, 0) is 35.9 Å². The Morgan fingerprint density at radius 3 is 2.55 bits per heavy atom. The first-order valence-electron chi connectivity index (χ1n) is 11.6. The van der Waals surface area contributed by atoms with Gasteiger partial charge in [-0.2, -0.15) is 18.2 Å². The van der Waals surface area contributed by atoms with Crippen LogP contribution in [0.4, 0.5) is 0 Å². The smallest absolute Gasteiger partial charge is 0.269 e. The topological polar surface area (TPSA) is 156 Å². The van der Waals surface area contributed by atoms with E-state index in [4.69, 9.17) is 0 Å². The van der Waals surface area contributed by atoms with Crippen molar-refractivity contribution in [3.8, 4) is 0 Å². The summed E-state index contributed by atoms with van der Waals surface area (Å²) in [6.07, 6.45) is 1.02. The number of sulfonamides is 1. The number of aromatic nitrogens is 4. The Labute approximate surface area is 224 Å². The molecule has 38 heavy (non-hydrogen) atoms. The number of carbonyl (C=O) groups is 1. The third-order valence-corrected chi connectivity index (χ3v) is 9.71. The van der Waals surface area contributed by atoms with Gasteiger partial charge in [0, 0.05) is 38.5 Å². The Balaban J connectivity index is 1.30. The molecule has 3 heterocycles. The van der Waals surface area contributed by atoms with Crippen molar-refractivity contribution in [1.82, 2.24) is 33.5 Å². The molecule has 0 atom stereocenters. The highest BCUT2D eigenvalue weighted by Crippen LogP contribution is 2.31. The molecule has 0 unspecified atom stereocenters. The maximum atomic E-state index is 13.3. The molecule has 2 aromatic heterocycles. The van der Waals surface area contributed by atoms with Crippen LogP contribution in [0.3, 0.4) is 0 Å². The monoisotopic (exact) mass is 575 g/mol. The Morgan fingerprint density at radius 2 is 1.79 bits per heavy atom. The minimum atomic E-state index is -4.02. The zero-order valence-corrected chi connectivity index (χ0v) is 23.0. The summed E-state index contributed by atoms with van der Waals surface area (Å²) in [4.78, 5) is 12.5. The minimum absolute atomic E-state index is 0.0209. The summed E-state index contributed by atoms with van der Waals surface area (Å²) in [6, 6.07) is 11.1. The van der Waals surface area contributed by atoms with Crippen molar-refractivity contribution >= 4 is 48.5 Å². The van der Waals surface area contributed by atoms with Gasteiger partial charge in [0.2, 0.25) is 10.0 Å². The lowest BCUT2D eigenvalue weighted by Crippen LogP contribution is -2.30. The molecule has 2 aromatic carbocycles. The molecule has 12 nitrogen and oxygen atoms in total. The van der Waals surface area contributed by atoms with Crippen LogP contribution in [0.2, 0.25) is 0 Å². The van der Waals surface area contributed by atoms with E-state index in [0.717, 1.165) is 28.9 Å². The van der Waals surface area contributed by atoms with Crippen molar-refractivity contribution in [2.24, 2.45) is 0 Å². The number of hydrogen-bond donors (Lipinski definition) is 2. The Morgan fingerprint density at radius 1 is 1.03 bits per heavy atom. The third kappa shape index (κ3) is 5.07. The average Bonchev–Trinajstić information content (AvgIpc) is 3.60. The average molecular weight is 576 g/mol. The van der Waals surface area contributed by atoms with E-state index in [1.54, 1.807) is 4.68 Å². The molecule has 0 spiro atoms. The maximum Gasteiger partial charge on any atom is 0.269 e. The SMILES string of the molecule is CNC(=O)c1c2c(nn1CCNCc1ccc3nsnc3c1)CN(S(=O)(=O)c1cccc(S(C)(=O)=O)c1)C2. The second kappa shape index (κ2) is 10.1. The molecule has 0 bridgehead atoms. The molecule has 0 saturated heterocycles. The van der Waals surface area contributed by atoms with Gasteiger partial charge in [0.05, 0.1) is 40.3 Å². The second-order valence-corrected chi connectivity index (χ2v) is 13.3. The lowest BCUT2D eigenvalue weighted by Gasteiger charge is -2.17. The van der Waals surface area contributed by atoms with Crippen LogP contribution in [0.5, 0.6) is 0 Å². The molecular weight excluding hydrogens is 550 g/mol. The zero-order valence-electron chi connectivity index (χ0n) is 20.6. The van der Waals surface area contributed by atoms with Gasteiger partial charge in [0.1, 0.15) is 16.7 Å². The van der Waals surface area contributed by atoms with Crippen molar-refractivity contribution in [3.63, 3.8) is 0 Å². The molecule has 0 aliphatic carbocycles. The number of nitrogens with zero attached hydrogens (tertiary/aromatic N) is 5. The molecule has 200 valence electrons. The quantitative estimate of drug-likeness (QED) is 0.279. The molecule has 1 amide bonds. The van der Waals surface area contributed by atoms with Gasteiger partial charge in [-0.1, -0.05) is 12.1 Å². The van der Waals surface area contributed by atoms with E-state index in [1.165, 1.54) is 41.3 Å². The molecule has 0 saturated carbocycles. The van der Waals surface area contributed by atoms with Crippen LogP contribution < -0.4 is 10.6 Å². The van der Waals surface area contributed by atoms with Crippen LogP contribution in [0.25, 0.3) is 11.0 Å². The van der Waals surface area contributed by atoms with Crippen molar-refractivity contribution in [2.45, 2.75) is 36.0 Å². The molecule has 1 aliphatic rings. The van der Waals surface area contributed by atoms with E-state index < -0.39 is 19.9 Å². The Hall–Kier alpha value is -3.24. The van der Waals surface area contributed by atoms with E-state index in [1.807, 2.05) is 18.2 Å². The molecule has 5 rings (SSSR count). The summed E-state index contributed by atoms with van der Waals surface area (Å²) >= 11 is 1.17. The van der Waals surface area contributed by atoms with Crippen LogP contribution in [0, 0.1) is 0 Å². The molecule has 2 N–H and O–H groups in total. The maximum absolute atomic E-state index is 13.3. The Kier molecular flexibility index (Phi) is 7.04. The molecule has 15 heteroatoms. The Bertz CT molecular complexity index is 1750. The number of fused-ring (bicyclic) bond motifs is 2. The van der Waals surface area contributed by atoms with E-state index in [0.29, 0.717) is 36.6 Å². The first-order chi connectivity index (χ1) is 18.1. The molecule has 1 aliphatic heterocycles. The lowest BCUT2D eigenvalue weighted by molar-refractivity contribution is 0.0950. The summed E-state index contributed by atoms with van der Waals surface area (Å²) in [6.45, 7) is 1.46. The van der Waals surface area contributed by atoms with Crippen LogP contribution in [0.1, 0.15) is 27.3 Å². The summed E-state index contributed by atoms with van der Waals surface area (Å²) in [5, 5.41) is 10.5. The van der Waals surface area contributed by atoms with Crippen LogP contribution in [0.15, 0.2) is 52.3 Å². The fourth-order valence-corrected chi connectivity index (χ4v) is 6.99. The van der Waals surface area contributed by atoms with Gasteiger partial charge < -0.3 is 10.6 Å². The summed E-state index contributed by atoms with van der Waals surface area (Å²) < 4.78 is 61.7. The van der Waals surface area contributed by atoms with E-state index in [-0.39, 0.29) is 28.8 Å². The molecular formula is C23H25N7O5S3. The first kappa shape index (κ1) is 26.4.